The minimum atomic E-state index is -0.0509. The van der Waals surface area contributed by atoms with Gasteiger partial charge in [-0.25, -0.2) is 0 Å². The monoisotopic (exact) mass is 351 g/mol. The van der Waals surface area contributed by atoms with Crippen LogP contribution in [0.1, 0.15) is 49.4 Å². The van der Waals surface area contributed by atoms with Gasteiger partial charge in [0, 0.05) is 24.7 Å². The van der Waals surface area contributed by atoms with E-state index in [0.717, 1.165) is 38.8 Å². The summed E-state index contributed by atoms with van der Waals surface area (Å²) in [6.45, 7) is 3.65. The van der Waals surface area contributed by atoms with Gasteiger partial charge in [0.05, 0.1) is 10.6 Å². The number of likely N-dealkylation sites (tertiary alicyclic amines) is 1. The third-order valence-electron chi connectivity index (χ3n) is 4.38. The van der Waals surface area contributed by atoms with Crippen molar-refractivity contribution in [1.29, 1.82) is 0 Å². The number of benzene rings is 1. The standard InChI is InChI=1S/C18H26ClN3O2/c1-13-6-3-4-11-22(13)18(24)15-9-8-14(12-16(15)19)21-17(23)7-5-10-20-2/h8-9,12-13,20H,3-7,10-11H2,1-2H3,(H,21,23). The normalized spacial score (nSPS) is 17.6. The lowest BCUT2D eigenvalue weighted by Crippen LogP contribution is -2.42. The molecule has 1 unspecified atom stereocenters. The Bertz CT molecular complexity index is 592. The summed E-state index contributed by atoms with van der Waals surface area (Å²) in [6, 6.07) is 5.34. The van der Waals surface area contributed by atoms with E-state index < -0.39 is 0 Å². The molecule has 5 nitrogen and oxygen atoms in total. The number of piperidine rings is 1. The number of rotatable bonds is 6. The number of anilines is 1. The lowest BCUT2D eigenvalue weighted by Gasteiger charge is -2.33. The summed E-state index contributed by atoms with van der Waals surface area (Å²) in [5.41, 5.74) is 1.12. The van der Waals surface area contributed by atoms with E-state index in [0.29, 0.717) is 22.7 Å². The number of nitrogens with one attached hydrogen (secondary N) is 2. The molecule has 2 amide bonds. The smallest absolute Gasteiger partial charge is 0.255 e. The summed E-state index contributed by atoms with van der Waals surface area (Å²) in [5.74, 6) is -0.0795. The zero-order chi connectivity index (χ0) is 17.5. The van der Waals surface area contributed by atoms with Gasteiger partial charge in [0.2, 0.25) is 5.91 Å². The maximum absolute atomic E-state index is 12.7. The maximum atomic E-state index is 12.7. The molecule has 1 fully saturated rings. The van der Waals surface area contributed by atoms with Gasteiger partial charge in [-0.2, -0.15) is 0 Å². The highest BCUT2D eigenvalue weighted by Gasteiger charge is 2.25. The van der Waals surface area contributed by atoms with Gasteiger partial charge in [0.15, 0.2) is 0 Å². The highest BCUT2D eigenvalue weighted by atomic mass is 35.5. The predicted molar refractivity (Wildman–Crippen MR) is 97.6 cm³/mol. The number of nitrogens with zero attached hydrogens (tertiary/aromatic N) is 1. The van der Waals surface area contributed by atoms with E-state index in [4.69, 9.17) is 11.6 Å². The molecule has 1 aliphatic heterocycles. The molecular weight excluding hydrogens is 326 g/mol. The maximum Gasteiger partial charge on any atom is 0.255 e. The average molecular weight is 352 g/mol. The Hall–Kier alpha value is -1.59. The Labute approximate surface area is 148 Å². The third-order valence-corrected chi connectivity index (χ3v) is 4.69. The molecule has 2 rings (SSSR count). The van der Waals surface area contributed by atoms with E-state index >= 15 is 0 Å². The number of amides is 2. The first-order valence-corrected chi connectivity index (χ1v) is 8.95. The van der Waals surface area contributed by atoms with Crippen LogP contribution in [0.5, 0.6) is 0 Å². The lowest BCUT2D eigenvalue weighted by molar-refractivity contribution is -0.116. The van der Waals surface area contributed by atoms with Crippen LogP contribution in [0.4, 0.5) is 5.69 Å². The summed E-state index contributed by atoms with van der Waals surface area (Å²) in [6.07, 6.45) is 4.46. The fraction of sp³-hybridized carbons (Fsp3) is 0.556. The first kappa shape index (κ1) is 18.7. The van der Waals surface area contributed by atoms with Gasteiger partial charge in [-0.05, 0) is 64.4 Å². The number of hydrogen-bond donors (Lipinski definition) is 2. The molecule has 2 N–H and O–H groups in total. The van der Waals surface area contributed by atoms with Crippen LogP contribution in [-0.4, -0.2) is 42.9 Å². The van der Waals surface area contributed by atoms with E-state index in [9.17, 15) is 9.59 Å². The second kappa shape index (κ2) is 9.04. The zero-order valence-corrected chi connectivity index (χ0v) is 15.2. The first-order valence-electron chi connectivity index (χ1n) is 8.58. The average Bonchev–Trinajstić information content (AvgIpc) is 2.55. The Morgan fingerprint density at radius 2 is 2.12 bits per heavy atom. The van der Waals surface area contributed by atoms with Gasteiger partial charge in [-0.15, -0.1) is 0 Å². The van der Waals surface area contributed by atoms with Crippen LogP contribution in [0.25, 0.3) is 0 Å². The van der Waals surface area contributed by atoms with Gasteiger partial charge in [0.25, 0.3) is 5.91 Å². The van der Waals surface area contributed by atoms with Crippen LogP contribution in [-0.2, 0) is 4.79 Å². The van der Waals surface area contributed by atoms with Crippen LogP contribution in [0, 0.1) is 0 Å². The van der Waals surface area contributed by atoms with E-state index in [1.54, 1.807) is 18.2 Å². The largest absolute Gasteiger partial charge is 0.336 e. The molecule has 0 saturated carbocycles. The van der Waals surface area contributed by atoms with Gasteiger partial charge in [-0.1, -0.05) is 11.6 Å². The van der Waals surface area contributed by atoms with Gasteiger partial charge >= 0.3 is 0 Å². The minimum absolute atomic E-state index is 0.0286. The van der Waals surface area contributed by atoms with Crippen molar-refractivity contribution in [3.8, 4) is 0 Å². The van der Waals surface area contributed by atoms with Crippen molar-refractivity contribution in [1.82, 2.24) is 10.2 Å². The van der Waals surface area contributed by atoms with Crippen LogP contribution in [0.2, 0.25) is 5.02 Å². The third kappa shape index (κ3) is 4.95. The topological polar surface area (TPSA) is 61.4 Å². The molecule has 1 aliphatic rings. The zero-order valence-electron chi connectivity index (χ0n) is 14.4. The second-order valence-corrected chi connectivity index (χ2v) is 6.70. The molecule has 24 heavy (non-hydrogen) atoms. The van der Waals surface area contributed by atoms with Crippen molar-refractivity contribution in [3.05, 3.63) is 28.8 Å². The molecule has 0 aromatic heterocycles. The van der Waals surface area contributed by atoms with Gasteiger partial charge in [0.1, 0.15) is 0 Å². The van der Waals surface area contributed by atoms with Crippen molar-refractivity contribution in [2.75, 3.05) is 25.5 Å². The fourth-order valence-corrected chi connectivity index (χ4v) is 3.23. The first-order chi connectivity index (χ1) is 11.5. The Kier molecular flexibility index (Phi) is 7.06. The number of carbonyl (C=O) groups excluding carboxylic acids is 2. The van der Waals surface area contributed by atoms with Crippen LogP contribution in [0.15, 0.2) is 18.2 Å². The van der Waals surface area contributed by atoms with E-state index in [-0.39, 0.29) is 17.9 Å². The molecule has 0 spiro atoms. The van der Waals surface area contributed by atoms with Crippen LogP contribution < -0.4 is 10.6 Å². The van der Waals surface area contributed by atoms with Crippen LogP contribution >= 0.6 is 11.6 Å². The van der Waals surface area contributed by atoms with Gasteiger partial charge in [-0.3, -0.25) is 9.59 Å². The van der Waals surface area contributed by atoms with Crippen molar-refractivity contribution in [2.45, 2.75) is 45.1 Å². The fourth-order valence-electron chi connectivity index (χ4n) is 2.97. The lowest BCUT2D eigenvalue weighted by atomic mass is 10.0. The molecule has 1 saturated heterocycles. The Morgan fingerprint density at radius 3 is 2.79 bits per heavy atom. The molecule has 1 heterocycles. The number of carbonyl (C=O) groups is 2. The quantitative estimate of drug-likeness (QED) is 0.773. The summed E-state index contributed by atoms with van der Waals surface area (Å²) >= 11 is 6.29. The molecule has 0 aliphatic carbocycles. The van der Waals surface area contributed by atoms with Gasteiger partial charge < -0.3 is 15.5 Å². The second-order valence-electron chi connectivity index (χ2n) is 6.29. The number of hydrogen-bond acceptors (Lipinski definition) is 3. The highest BCUT2D eigenvalue weighted by molar-refractivity contribution is 6.34. The molecule has 1 aromatic rings. The van der Waals surface area contributed by atoms with E-state index in [1.807, 2.05) is 11.9 Å². The number of halogens is 1. The summed E-state index contributed by atoms with van der Waals surface area (Å²) < 4.78 is 0. The van der Waals surface area contributed by atoms with Crippen molar-refractivity contribution in [3.63, 3.8) is 0 Å². The molecule has 6 heteroatoms. The predicted octanol–water partition coefficient (Wildman–Crippen LogP) is 3.29. The highest BCUT2D eigenvalue weighted by Crippen LogP contribution is 2.25. The minimum Gasteiger partial charge on any atom is -0.336 e. The Morgan fingerprint density at radius 1 is 1.33 bits per heavy atom. The van der Waals surface area contributed by atoms with E-state index in [1.165, 1.54) is 0 Å². The molecule has 132 valence electrons. The van der Waals surface area contributed by atoms with Crippen molar-refractivity contribution < 1.29 is 9.59 Å². The van der Waals surface area contributed by atoms with Crippen molar-refractivity contribution in [2.24, 2.45) is 0 Å². The Balaban J connectivity index is 2.01. The summed E-state index contributed by atoms with van der Waals surface area (Å²) in [4.78, 5) is 26.4. The molecule has 1 atom stereocenters. The molecule has 0 bridgehead atoms. The molecule has 0 radical (unpaired) electrons. The van der Waals surface area contributed by atoms with E-state index in [2.05, 4.69) is 17.6 Å². The molecular formula is C18H26ClN3O2. The van der Waals surface area contributed by atoms with Crippen molar-refractivity contribution >= 4 is 29.1 Å². The SMILES string of the molecule is CNCCCC(=O)Nc1ccc(C(=O)N2CCCCC2C)c(Cl)c1. The summed E-state index contributed by atoms with van der Waals surface area (Å²) in [7, 11) is 1.86. The molecule has 1 aromatic carbocycles. The van der Waals surface area contributed by atoms with Crippen LogP contribution in [0.3, 0.4) is 0 Å². The summed E-state index contributed by atoms with van der Waals surface area (Å²) in [5, 5.41) is 6.21.